The van der Waals surface area contributed by atoms with Crippen LogP contribution < -0.4 is 10.0 Å². The first-order chi connectivity index (χ1) is 14.3. The van der Waals surface area contributed by atoms with Gasteiger partial charge in [0, 0.05) is 22.0 Å². The number of halogens is 1. The van der Waals surface area contributed by atoms with Crippen LogP contribution in [0.1, 0.15) is 15.9 Å². The Morgan fingerprint density at radius 3 is 2.40 bits per heavy atom. The van der Waals surface area contributed by atoms with Crippen molar-refractivity contribution < 1.29 is 13.2 Å². The van der Waals surface area contributed by atoms with E-state index in [0.29, 0.717) is 38.6 Å². The monoisotopic (exact) mass is 441 g/mol. The second-order valence-corrected chi connectivity index (χ2v) is 8.66. The third-order valence-corrected chi connectivity index (χ3v) is 6.19. The van der Waals surface area contributed by atoms with Crippen molar-refractivity contribution in [3.63, 3.8) is 0 Å². The normalized spacial score (nSPS) is 11.4. The van der Waals surface area contributed by atoms with Crippen LogP contribution in [0.5, 0.6) is 0 Å². The van der Waals surface area contributed by atoms with E-state index in [1.807, 2.05) is 0 Å². The van der Waals surface area contributed by atoms with E-state index >= 15 is 0 Å². The van der Waals surface area contributed by atoms with Gasteiger partial charge in [0.15, 0.2) is 0 Å². The Labute approximate surface area is 177 Å². The van der Waals surface area contributed by atoms with Gasteiger partial charge in [-0.1, -0.05) is 17.7 Å². The third-order valence-electron chi connectivity index (χ3n) is 4.41. The van der Waals surface area contributed by atoms with Gasteiger partial charge in [-0.15, -0.1) is 0 Å². The van der Waals surface area contributed by atoms with Gasteiger partial charge in [-0.2, -0.15) is 15.4 Å². The van der Waals surface area contributed by atoms with Crippen molar-refractivity contribution in [3.8, 4) is 0 Å². The van der Waals surface area contributed by atoms with E-state index in [2.05, 4.69) is 25.4 Å². The molecule has 0 radical (unpaired) electrons. The molecule has 0 saturated heterocycles. The van der Waals surface area contributed by atoms with Gasteiger partial charge >= 0.3 is 0 Å². The molecule has 3 aromatic carbocycles. The number of hydrogen-bond acceptors (Lipinski definition) is 5. The van der Waals surface area contributed by atoms with Gasteiger partial charge < -0.3 is 5.32 Å². The SMILES string of the molecule is Cc1ccc(NC(=O)c2ccc3n[nH]nc3c2)cc1S(=O)(=O)Nc1ccc(Cl)cc1. The average Bonchev–Trinajstić information content (AvgIpc) is 3.18. The number of amides is 1. The zero-order chi connectivity index (χ0) is 21.3. The molecule has 4 rings (SSSR count). The number of aromatic nitrogens is 3. The minimum atomic E-state index is -3.87. The maximum absolute atomic E-state index is 12.9. The number of aryl methyl sites for hydroxylation is 1. The predicted octanol–water partition coefficient (Wildman–Crippen LogP) is 3.97. The van der Waals surface area contributed by atoms with Crippen LogP contribution in [0.2, 0.25) is 5.02 Å². The Balaban J connectivity index is 1.59. The van der Waals surface area contributed by atoms with Crippen molar-refractivity contribution in [3.05, 3.63) is 76.8 Å². The smallest absolute Gasteiger partial charge is 0.262 e. The van der Waals surface area contributed by atoms with Gasteiger partial charge in [0.05, 0.1) is 4.90 Å². The standard InChI is InChI=1S/C20H16ClN5O3S/c1-12-2-6-16(22-20(27)13-3-9-17-18(10-13)24-26-23-17)11-19(12)30(28,29)25-15-7-4-14(21)5-8-15/h2-11,25H,1H3,(H,22,27)(H,23,24,26). The third kappa shape index (κ3) is 4.12. The highest BCUT2D eigenvalue weighted by Crippen LogP contribution is 2.24. The van der Waals surface area contributed by atoms with Gasteiger partial charge in [-0.3, -0.25) is 9.52 Å². The number of H-pyrrole nitrogens is 1. The Morgan fingerprint density at radius 1 is 0.933 bits per heavy atom. The van der Waals surface area contributed by atoms with E-state index in [1.54, 1.807) is 61.5 Å². The first-order valence-electron chi connectivity index (χ1n) is 8.83. The highest BCUT2D eigenvalue weighted by molar-refractivity contribution is 7.92. The van der Waals surface area contributed by atoms with Crippen LogP contribution in [0, 0.1) is 6.92 Å². The first-order valence-corrected chi connectivity index (χ1v) is 10.7. The molecule has 0 atom stereocenters. The van der Waals surface area contributed by atoms with E-state index < -0.39 is 15.9 Å². The average molecular weight is 442 g/mol. The van der Waals surface area contributed by atoms with Gasteiger partial charge in [0.25, 0.3) is 15.9 Å². The number of nitrogens with one attached hydrogen (secondary N) is 3. The molecule has 0 unspecified atom stereocenters. The van der Waals surface area contributed by atoms with Crippen molar-refractivity contribution in [2.75, 3.05) is 10.0 Å². The lowest BCUT2D eigenvalue weighted by Gasteiger charge is -2.13. The Hall–Kier alpha value is -3.43. The molecule has 0 spiro atoms. The van der Waals surface area contributed by atoms with Crippen molar-refractivity contribution in [2.45, 2.75) is 11.8 Å². The van der Waals surface area contributed by atoms with Crippen LogP contribution in [-0.4, -0.2) is 29.7 Å². The van der Waals surface area contributed by atoms with E-state index in [4.69, 9.17) is 11.6 Å². The number of nitrogens with zero attached hydrogens (tertiary/aromatic N) is 2. The van der Waals surface area contributed by atoms with Gasteiger partial charge in [0.1, 0.15) is 11.0 Å². The van der Waals surface area contributed by atoms with Crippen LogP contribution in [0.4, 0.5) is 11.4 Å². The molecule has 152 valence electrons. The van der Waals surface area contributed by atoms with E-state index in [0.717, 1.165) is 0 Å². The first kappa shape index (κ1) is 19.9. The Kier molecular flexibility index (Phi) is 5.15. The molecule has 1 aromatic heterocycles. The quantitative estimate of drug-likeness (QED) is 0.433. The maximum Gasteiger partial charge on any atom is 0.262 e. The lowest BCUT2D eigenvalue weighted by molar-refractivity contribution is 0.102. The molecule has 10 heteroatoms. The number of carbonyl (C=O) groups excluding carboxylic acids is 1. The topological polar surface area (TPSA) is 117 Å². The number of benzene rings is 3. The zero-order valence-corrected chi connectivity index (χ0v) is 17.3. The molecule has 0 aliphatic heterocycles. The lowest BCUT2D eigenvalue weighted by atomic mass is 10.1. The minimum absolute atomic E-state index is 0.0576. The molecule has 3 N–H and O–H groups in total. The Bertz CT molecular complexity index is 1350. The molecule has 4 aromatic rings. The number of fused-ring (bicyclic) bond motifs is 1. The fraction of sp³-hybridized carbons (Fsp3) is 0.0500. The molecule has 0 saturated carbocycles. The van der Waals surface area contributed by atoms with E-state index in [1.165, 1.54) is 6.07 Å². The van der Waals surface area contributed by atoms with Crippen molar-refractivity contribution >= 4 is 49.9 Å². The van der Waals surface area contributed by atoms with Crippen molar-refractivity contribution in [1.29, 1.82) is 0 Å². The van der Waals surface area contributed by atoms with E-state index in [9.17, 15) is 13.2 Å². The predicted molar refractivity (Wildman–Crippen MR) is 115 cm³/mol. The summed E-state index contributed by atoms with van der Waals surface area (Å²) in [5.74, 6) is -0.391. The summed E-state index contributed by atoms with van der Waals surface area (Å²) >= 11 is 5.84. The molecule has 30 heavy (non-hydrogen) atoms. The molecule has 0 aliphatic carbocycles. The Morgan fingerprint density at radius 2 is 1.63 bits per heavy atom. The second-order valence-electron chi connectivity index (χ2n) is 6.57. The lowest BCUT2D eigenvalue weighted by Crippen LogP contribution is -2.16. The molecular weight excluding hydrogens is 426 g/mol. The molecular formula is C20H16ClN5O3S. The van der Waals surface area contributed by atoms with Gasteiger partial charge in [0.2, 0.25) is 0 Å². The molecule has 0 fully saturated rings. The molecule has 8 nitrogen and oxygen atoms in total. The fourth-order valence-corrected chi connectivity index (χ4v) is 4.34. The number of hydrogen-bond donors (Lipinski definition) is 3. The molecule has 0 aliphatic rings. The number of sulfonamides is 1. The van der Waals surface area contributed by atoms with Gasteiger partial charge in [-0.05, 0) is 67.1 Å². The number of carbonyl (C=O) groups is 1. The second kappa shape index (κ2) is 7.77. The van der Waals surface area contributed by atoms with Crippen molar-refractivity contribution in [1.82, 2.24) is 15.4 Å². The van der Waals surface area contributed by atoms with Crippen LogP contribution in [-0.2, 0) is 10.0 Å². The maximum atomic E-state index is 12.9. The highest BCUT2D eigenvalue weighted by atomic mass is 35.5. The van der Waals surface area contributed by atoms with Crippen LogP contribution in [0.15, 0.2) is 65.6 Å². The highest BCUT2D eigenvalue weighted by Gasteiger charge is 2.19. The van der Waals surface area contributed by atoms with Crippen LogP contribution >= 0.6 is 11.6 Å². The summed E-state index contributed by atoms with van der Waals surface area (Å²) in [6.07, 6.45) is 0. The summed E-state index contributed by atoms with van der Waals surface area (Å²) in [5.41, 5.74) is 2.85. The number of aromatic amines is 1. The fourth-order valence-electron chi connectivity index (χ4n) is 2.88. The molecule has 0 bridgehead atoms. The summed E-state index contributed by atoms with van der Waals surface area (Å²) in [7, 11) is -3.87. The number of rotatable bonds is 5. The zero-order valence-electron chi connectivity index (χ0n) is 15.7. The number of anilines is 2. The van der Waals surface area contributed by atoms with Gasteiger partial charge in [-0.25, -0.2) is 8.42 Å². The summed E-state index contributed by atoms with van der Waals surface area (Å²) in [5, 5.41) is 13.6. The van der Waals surface area contributed by atoms with Crippen LogP contribution in [0.3, 0.4) is 0 Å². The summed E-state index contributed by atoms with van der Waals surface area (Å²) < 4.78 is 28.2. The molecule has 1 heterocycles. The van der Waals surface area contributed by atoms with Crippen molar-refractivity contribution in [2.24, 2.45) is 0 Å². The minimum Gasteiger partial charge on any atom is -0.322 e. The summed E-state index contributed by atoms with van der Waals surface area (Å²) in [6.45, 7) is 1.68. The van der Waals surface area contributed by atoms with Crippen LogP contribution in [0.25, 0.3) is 11.0 Å². The summed E-state index contributed by atoms with van der Waals surface area (Å²) in [6, 6.07) is 15.9. The molecule has 1 amide bonds. The summed E-state index contributed by atoms with van der Waals surface area (Å²) in [4.78, 5) is 12.7. The van der Waals surface area contributed by atoms with E-state index in [-0.39, 0.29) is 4.90 Å². The largest absolute Gasteiger partial charge is 0.322 e.